The van der Waals surface area contributed by atoms with Crippen molar-refractivity contribution in [3.05, 3.63) is 35.9 Å². The summed E-state index contributed by atoms with van der Waals surface area (Å²) in [5.74, 6) is 0.0781. The van der Waals surface area contributed by atoms with Crippen LogP contribution in [0.15, 0.2) is 30.3 Å². The first-order chi connectivity index (χ1) is 9.10. The van der Waals surface area contributed by atoms with Gasteiger partial charge in [0.25, 0.3) is 0 Å². The van der Waals surface area contributed by atoms with Gasteiger partial charge in [-0.3, -0.25) is 4.79 Å². The van der Waals surface area contributed by atoms with Gasteiger partial charge < -0.3 is 11.1 Å². The van der Waals surface area contributed by atoms with Crippen LogP contribution in [0, 0.1) is 5.41 Å². The number of nitrogens with two attached hydrogens (primary N) is 1. The third-order valence-corrected chi connectivity index (χ3v) is 4.00. The van der Waals surface area contributed by atoms with E-state index in [1.807, 2.05) is 13.0 Å². The average molecular weight is 260 g/mol. The number of hydrogen-bond acceptors (Lipinski definition) is 2. The van der Waals surface area contributed by atoms with E-state index in [1.165, 1.54) is 24.8 Å². The molecule has 3 N–H and O–H groups in total. The minimum atomic E-state index is -0.0635. The van der Waals surface area contributed by atoms with Crippen LogP contribution in [0.5, 0.6) is 0 Å². The number of carbonyl (C=O) groups is 1. The average Bonchev–Trinajstić information content (AvgIpc) is 2.33. The van der Waals surface area contributed by atoms with Crippen molar-refractivity contribution < 1.29 is 4.79 Å². The molecule has 0 radical (unpaired) electrons. The molecule has 0 aromatic heterocycles. The highest BCUT2D eigenvalue weighted by Gasteiger charge is 2.37. The molecule has 3 heteroatoms. The molecule has 1 aliphatic rings. The lowest BCUT2D eigenvalue weighted by atomic mass is 9.65. The van der Waals surface area contributed by atoms with Crippen LogP contribution >= 0.6 is 0 Å². The fourth-order valence-electron chi connectivity index (χ4n) is 2.77. The molecule has 0 heterocycles. The Hall–Kier alpha value is -1.35. The van der Waals surface area contributed by atoms with E-state index in [0.29, 0.717) is 6.42 Å². The van der Waals surface area contributed by atoms with E-state index < -0.39 is 0 Å². The highest BCUT2D eigenvalue weighted by molar-refractivity contribution is 5.76. The Labute approximate surface area is 115 Å². The molecule has 3 nitrogen and oxygen atoms in total. The zero-order valence-corrected chi connectivity index (χ0v) is 11.7. The number of rotatable bonds is 6. The Morgan fingerprint density at radius 3 is 2.58 bits per heavy atom. The topological polar surface area (TPSA) is 55.1 Å². The lowest BCUT2D eigenvalue weighted by molar-refractivity contribution is -0.122. The smallest absolute Gasteiger partial charge is 0.221 e. The van der Waals surface area contributed by atoms with E-state index in [0.717, 1.165) is 13.0 Å². The van der Waals surface area contributed by atoms with E-state index in [1.54, 1.807) is 0 Å². The van der Waals surface area contributed by atoms with E-state index in [9.17, 15) is 4.79 Å². The van der Waals surface area contributed by atoms with Gasteiger partial charge in [-0.15, -0.1) is 0 Å². The zero-order valence-electron chi connectivity index (χ0n) is 11.7. The maximum absolute atomic E-state index is 11.7. The maximum atomic E-state index is 11.7. The Kier molecular flexibility index (Phi) is 4.59. The summed E-state index contributed by atoms with van der Waals surface area (Å²) in [6, 6.07) is 10.5. The largest absolute Gasteiger partial charge is 0.355 e. The van der Waals surface area contributed by atoms with Crippen molar-refractivity contribution >= 4 is 5.91 Å². The second kappa shape index (κ2) is 6.20. The lowest BCUT2D eigenvalue weighted by Crippen LogP contribution is -2.44. The molecule has 1 aromatic carbocycles. The standard InChI is InChI=1S/C16H24N2O/c1-13(17)10-15(19)18-12-16(8-5-9-16)11-14-6-3-2-4-7-14/h2-4,6-7,13H,5,8-12,17H2,1H3,(H,18,19). The van der Waals surface area contributed by atoms with Gasteiger partial charge in [-0.25, -0.2) is 0 Å². The Bertz CT molecular complexity index is 410. The van der Waals surface area contributed by atoms with Crippen LogP contribution in [0.3, 0.4) is 0 Å². The van der Waals surface area contributed by atoms with Crippen LogP contribution < -0.4 is 11.1 Å². The third-order valence-electron chi connectivity index (χ3n) is 4.00. The SMILES string of the molecule is CC(N)CC(=O)NCC1(Cc2ccccc2)CCC1. The summed E-state index contributed by atoms with van der Waals surface area (Å²) in [6.45, 7) is 2.65. The minimum Gasteiger partial charge on any atom is -0.355 e. The molecule has 1 unspecified atom stereocenters. The molecule has 1 aromatic rings. The van der Waals surface area contributed by atoms with E-state index in [4.69, 9.17) is 5.73 Å². The molecule has 1 fully saturated rings. The van der Waals surface area contributed by atoms with Gasteiger partial charge in [-0.2, -0.15) is 0 Å². The molecule has 0 bridgehead atoms. The Morgan fingerprint density at radius 2 is 2.05 bits per heavy atom. The molecular weight excluding hydrogens is 236 g/mol. The van der Waals surface area contributed by atoms with Crippen molar-refractivity contribution in [2.24, 2.45) is 11.1 Å². The van der Waals surface area contributed by atoms with Crippen molar-refractivity contribution in [1.29, 1.82) is 0 Å². The second-order valence-electron chi connectivity index (χ2n) is 5.97. The van der Waals surface area contributed by atoms with Crippen molar-refractivity contribution in [2.75, 3.05) is 6.54 Å². The van der Waals surface area contributed by atoms with Crippen LogP contribution in [-0.4, -0.2) is 18.5 Å². The van der Waals surface area contributed by atoms with Gasteiger partial charge in [0.2, 0.25) is 5.91 Å². The Morgan fingerprint density at radius 1 is 1.37 bits per heavy atom. The predicted molar refractivity (Wildman–Crippen MR) is 77.7 cm³/mol. The van der Waals surface area contributed by atoms with Crippen LogP contribution in [0.1, 0.15) is 38.2 Å². The van der Waals surface area contributed by atoms with Crippen LogP contribution in [-0.2, 0) is 11.2 Å². The number of hydrogen-bond donors (Lipinski definition) is 2. The van der Waals surface area contributed by atoms with Gasteiger partial charge in [0.05, 0.1) is 0 Å². The summed E-state index contributed by atoms with van der Waals surface area (Å²) in [5.41, 5.74) is 7.28. The molecule has 1 saturated carbocycles. The first-order valence-electron chi connectivity index (χ1n) is 7.16. The van der Waals surface area contributed by atoms with Gasteiger partial charge in [0.15, 0.2) is 0 Å². The number of benzene rings is 1. The van der Waals surface area contributed by atoms with E-state index >= 15 is 0 Å². The monoisotopic (exact) mass is 260 g/mol. The van der Waals surface area contributed by atoms with Gasteiger partial charge in [-0.1, -0.05) is 36.8 Å². The van der Waals surface area contributed by atoms with Crippen LogP contribution in [0.2, 0.25) is 0 Å². The van der Waals surface area contributed by atoms with Crippen molar-refractivity contribution in [1.82, 2.24) is 5.32 Å². The quantitative estimate of drug-likeness (QED) is 0.824. The molecule has 19 heavy (non-hydrogen) atoms. The lowest BCUT2D eigenvalue weighted by Gasteiger charge is -2.42. The summed E-state index contributed by atoms with van der Waals surface area (Å²) >= 11 is 0. The first kappa shape index (κ1) is 14.1. The third kappa shape index (κ3) is 4.06. The fourth-order valence-corrected chi connectivity index (χ4v) is 2.77. The highest BCUT2D eigenvalue weighted by Crippen LogP contribution is 2.43. The van der Waals surface area contributed by atoms with E-state index in [2.05, 4.69) is 29.6 Å². The maximum Gasteiger partial charge on any atom is 0.221 e. The summed E-state index contributed by atoms with van der Waals surface area (Å²) in [5, 5.41) is 3.06. The van der Waals surface area contributed by atoms with E-state index in [-0.39, 0.29) is 17.4 Å². The number of amides is 1. The van der Waals surface area contributed by atoms with Gasteiger partial charge in [0, 0.05) is 19.0 Å². The van der Waals surface area contributed by atoms with Gasteiger partial charge >= 0.3 is 0 Å². The molecule has 104 valence electrons. The molecule has 0 saturated heterocycles. The first-order valence-corrected chi connectivity index (χ1v) is 7.16. The second-order valence-corrected chi connectivity index (χ2v) is 5.97. The summed E-state index contributed by atoms with van der Waals surface area (Å²) in [4.78, 5) is 11.7. The highest BCUT2D eigenvalue weighted by atomic mass is 16.1. The van der Waals surface area contributed by atoms with Gasteiger partial charge in [0.1, 0.15) is 0 Å². The fraction of sp³-hybridized carbons (Fsp3) is 0.562. The van der Waals surface area contributed by atoms with Crippen molar-refractivity contribution in [3.63, 3.8) is 0 Å². The number of nitrogens with one attached hydrogen (secondary N) is 1. The molecule has 0 spiro atoms. The molecule has 1 atom stereocenters. The molecule has 2 rings (SSSR count). The summed E-state index contributed by atoms with van der Waals surface area (Å²) in [7, 11) is 0. The normalized spacial score (nSPS) is 18.4. The van der Waals surface area contributed by atoms with Crippen LogP contribution in [0.25, 0.3) is 0 Å². The molecule has 1 amide bonds. The van der Waals surface area contributed by atoms with Crippen molar-refractivity contribution in [3.8, 4) is 0 Å². The molecule has 0 aliphatic heterocycles. The van der Waals surface area contributed by atoms with Crippen LogP contribution in [0.4, 0.5) is 0 Å². The summed E-state index contributed by atoms with van der Waals surface area (Å²) < 4.78 is 0. The molecular formula is C16H24N2O. The van der Waals surface area contributed by atoms with Gasteiger partial charge in [-0.05, 0) is 37.2 Å². The number of carbonyl (C=O) groups excluding carboxylic acids is 1. The predicted octanol–water partition coefficient (Wildman–Crippen LogP) is 2.25. The summed E-state index contributed by atoms with van der Waals surface area (Å²) in [6.07, 6.45) is 5.17. The Balaban J connectivity index is 1.87. The zero-order chi connectivity index (χ0) is 13.7. The minimum absolute atomic E-state index is 0.0635. The molecule has 1 aliphatic carbocycles. The van der Waals surface area contributed by atoms with Crippen molar-refractivity contribution in [2.45, 2.75) is 45.1 Å².